The molecule has 0 saturated heterocycles. The molecule has 7 heteroatoms. The Morgan fingerprint density at radius 1 is 1.27 bits per heavy atom. The van der Waals surface area contributed by atoms with E-state index < -0.39 is 17.6 Å². The van der Waals surface area contributed by atoms with Crippen LogP contribution in [0.5, 0.6) is 5.75 Å². The summed E-state index contributed by atoms with van der Waals surface area (Å²) in [4.78, 5) is 38.9. The Kier molecular flexibility index (Phi) is 5.15. The Balaban J connectivity index is 1.78. The zero-order valence-corrected chi connectivity index (χ0v) is 15.1. The van der Waals surface area contributed by atoms with Crippen LogP contribution in [0.15, 0.2) is 24.3 Å². The fourth-order valence-corrected chi connectivity index (χ4v) is 3.70. The lowest BCUT2D eigenvalue weighted by molar-refractivity contribution is -0.152. The Hall–Kier alpha value is -2.57. The first-order valence-corrected chi connectivity index (χ1v) is 8.93. The SMILES string of the molecule is COC(=O)C1(NC(=O)CN2C(=O)[C@@H](C)Oc3ccccc32)CCCCC1. The van der Waals surface area contributed by atoms with Crippen molar-refractivity contribution in [2.75, 3.05) is 18.6 Å². The molecular formula is C19H24N2O5. The summed E-state index contributed by atoms with van der Waals surface area (Å²) in [6.45, 7) is 1.49. The second kappa shape index (κ2) is 7.35. The number of para-hydroxylation sites is 2. The third-order valence-electron chi connectivity index (χ3n) is 5.04. The molecule has 1 aliphatic carbocycles. The molecule has 1 aliphatic heterocycles. The van der Waals surface area contributed by atoms with Gasteiger partial charge in [0.25, 0.3) is 5.91 Å². The minimum absolute atomic E-state index is 0.164. The van der Waals surface area contributed by atoms with Crippen LogP contribution in [0.4, 0.5) is 5.69 Å². The monoisotopic (exact) mass is 360 g/mol. The van der Waals surface area contributed by atoms with Crippen molar-refractivity contribution < 1.29 is 23.9 Å². The number of nitrogens with one attached hydrogen (secondary N) is 1. The van der Waals surface area contributed by atoms with E-state index >= 15 is 0 Å². The number of anilines is 1. The van der Waals surface area contributed by atoms with Crippen LogP contribution < -0.4 is 15.0 Å². The molecule has 3 rings (SSSR count). The maximum atomic E-state index is 12.7. The number of fused-ring (bicyclic) bond motifs is 1. The van der Waals surface area contributed by atoms with E-state index in [0.29, 0.717) is 24.3 Å². The lowest BCUT2D eigenvalue weighted by atomic mass is 9.81. The number of carbonyl (C=O) groups is 3. The third kappa shape index (κ3) is 3.38. The fraction of sp³-hybridized carbons (Fsp3) is 0.526. The summed E-state index contributed by atoms with van der Waals surface area (Å²) in [5.74, 6) is -0.524. The summed E-state index contributed by atoms with van der Waals surface area (Å²) in [5, 5.41) is 2.85. The van der Waals surface area contributed by atoms with Crippen LogP contribution >= 0.6 is 0 Å². The molecule has 0 aromatic heterocycles. The first kappa shape index (κ1) is 18.2. The van der Waals surface area contributed by atoms with Gasteiger partial charge in [0.05, 0.1) is 12.8 Å². The Bertz CT molecular complexity index is 712. The van der Waals surface area contributed by atoms with Crippen LogP contribution in [0, 0.1) is 0 Å². The van der Waals surface area contributed by atoms with Gasteiger partial charge in [-0.3, -0.25) is 14.5 Å². The molecule has 1 aromatic rings. The van der Waals surface area contributed by atoms with E-state index in [2.05, 4.69) is 5.32 Å². The molecule has 0 spiro atoms. The molecule has 1 aromatic carbocycles. The van der Waals surface area contributed by atoms with Crippen molar-refractivity contribution in [3.8, 4) is 5.75 Å². The summed E-state index contributed by atoms with van der Waals surface area (Å²) in [5.41, 5.74) is -0.439. The van der Waals surface area contributed by atoms with Crippen molar-refractivity contribution in [3.05, 3.63) is 24.3 Å². The molecule has 2 aliphatic rings. The van der Waals surface area contributed by atoms with Crippen LogP contribution in [0.25, 0.3) is 0 Å². The first-order chi connectivity index (χ1) is 12.5. The minimum atomic E-state index is -0.995. The zero-order valence-electron chi connectivity index (χ0n) is 15.1. The van der Waals surface area contributed by atoms with Crippen molar-refractivity contribution in [1.82, 2.24) is 5.32 Å². The Labute approximate surface area is 152 Å². The molecule has 26 heavy (non-hydrogen) atoms. The average Bonchev–Trinajstić information content (AvgIpc) is 2.65. The highest BCUT2D eigenvalue weighted by Gasteiger charge is 2.43. The number of esters is 1. The van der Waals surface area contributed by atoms with Crippen LogP contribution in [0.1, 0.15) is 39.0 Å². The van der Waals surface area contributed by atoms with Crippen molar-refractivity contribution in [2.24, 2.45) is 0 Å². The molecule has 2 amide bonds. The fourth-order valence-electron chi connectivity index (χ4n) is 3.70. The number of carbonyl (C=O) groups excluding carboxylic acids is 3. The second-order valence-corrected chi connectivity index (χ2v) is 6.83. The number of benzene rings is 1. The maximum absolute atomic E-state index is 12.7. The largest absolute Gasteiger partial charge is 0.479 e. The average molecular weight is 360 g/mol. The summed E-state index contributed by atoms with van der Waals surface area (Å²) in [7, 11) is 1.33. The molecule has 1 N–H and O–H groups in total. The van der Waals surface area contributed by atoms with Gasteiger partial charge in [0, 0.05) is 0 Å². The van der Waals surface area contributed by atoms with Crippen LogP contribution in [-0.2, 0) is 19.1 Å². The topological polar surface area (TPSA) is 84.9 Å². The summed E-state index contributed by atoms with van der Waals surface area (Å²) >= 11 is 0. The Morgan fingerprint density at radius 2 is 1.96 bits per heavy atom. The van der Waals surface area contributed by atoms with Crippen LogP contribution in [-0.4, -0.2) is 43.1 Å². The number of methoxy groups -OCH3 is 1. The van der Waals surface area contributed by atoms with Gasteiger partial charge in [-0.1, -0.05) is 31.4 Å². The van der Waals surface area contributed by atoms with E-state index in [9.17, 15) is 14.4 Å². The second-order valence-electron chi connectivity index (χ2n) is 6.83. The molecule has 1 saturated carbocycles. The van der Waals surface area contributed by atoms with Crippen molar-refractivity contribution in [3.63, 3.8) is 0 Å². The van der Waals surface area contributed by atoms with Crippen molar-refractivity contribution in [1.29, 1.82) is 0 Å². The number of nitrogens with zero attached hydrogens (tertiary/aromatic N) is 1. The smallest absolute Gasteiger partial charge is 0.331 e. The van der Waals surface area contributed by atoms with Crippen LogP contribution in [0.3, 0.4) is 0 Å². The summed E-state index contributed by atoms with van der Waals surface area (Å²) in [6.07, 6.45) is 3.17. The Morgan fingerprint density at radius 3 is 2.65 bits per heavy atom. The van der Waals surface area contributed by atoms with E-state index in [1.54, 1.807) is 25.1 Å². The highest BCUT2D eigenvalue weighted by Crippen LogP contribution is 2.34. The highest BCUT2D eigenvalue weighted by molar-refractivity contribution is 6.04. The highest BCUT2D eigenvalue weighted by atomic mass is 16.5. The normalized spacial score (nSPS) is 21.4. The van der Waals surface area contributed by atoms with E-state index in [4.69, 9.17) is 9.47 Å². The summed E-state index contributed by atoms with van der Waals surface area (Å²) in [6, 6.07) is 7.10. The van der Waals surface area contributed by atoms with E-state index in [0.717, 1.165) is 19.3 Å². The first-order valence-electron chi connectivity index (χ1n) is 8.93. The minimum Gasteiger partial charge on any atom is -0.479 e. The van der Waals surface area contributed by atoms with Gasteiger partial charge >= 0.3 is 5.97 Å². The summed E-state index contributed by atoms with van der Waals surface area (Å²) < 4.78 is 10.5. The number of amides is 2. The lowest BCUT2D eigenvalue weighted by Crippen LogP contribution is -2.59. The molecule has 0 radical (unpaired) electrons. The molecule has 0 bridgehead atoms. The van der Waals surface area contributed by atoms with Crippen molar-refractivity contribution in [2.45, 2.75) is 50.7 Å². The van der Waals surface area contributed by atoms with Crippen molar-refractivity contribution >= 4 is 23.5 Å². The van der Waals surface area contributed by atoms with Gasteiger partial charge in [-0.05, 0) is 31.9 Å². The number of rotatable bonds is 4. The van der Waals surface area contributed by atoms with Gasteiger partial charge in [-0.15, -0.1) is 0 Å². The van der Waals surface area contributed by atoms with Gasteiger partial charge in [-0.2, -0.15) is 0 Å². The zero-order chi connectivity index (χ0) is 18.7. The maximum Gasteiger partial charge on any atom is 0.331 e. The van der Waals surface area contributed by atoms with Gasteiger partial charge in [0.1, 0.15) is 17.8 Å². The molecular weight excluding hydrogens is 336 g/mol. The predicted octanol–water partition coefficient (Wildman–Crippen LogP) is 1.79. The number of hydrogen-bond acceptors (Lipinski definition) is 5. The third-order valence-corrected chi connectivity index (χ3v) is 5.04. The quantitative estimate of drug-likeness (QED) is 0.828. The van der Waals surface area contributed by atoms with Gasteiger partial charge in [-0.25, -0.2) is 4.79 Å². The molecule has 140 valence electrons. The molecule has 0 unspecified atom stereocenters. The standard InChI is InChI=1S/C19H24N2O5/c1-13-17(23)21(14-8-4-5-9-15(14)26-13)12-16(22)20-19(18(24)25-2)10-6-3-7-11-19/h4-5,8-9,13H,3,6-7,10-12H2,1-2H3,(H,20,22)/t13-/m1/s1. The van der Waals surface area contributed by atoms with Gasteiger partial charge in [0.15, 0.2) is 6.10 Å². The van der Waals surface area contributed by atoms with Crippen LogP contribution in [0.2, 0.25) is 0 Å². The van der Waals surface area contributed by atoms with Gasteiger partial charge < -0.3 is 14.8 Å². The number of hydrogen-bond donors (Lipinski definition) is 1. The molecule has 1 fully saturated rings. The molecule has 1 heterocycles. The van der Waals surface area contributed by atoms with E-state index in [1.807, 2.05) is 6.07 Å². The van der Waals surface area contributed by atoms with Gasteiger partial charge in [0.2, 0.25) is 5.91 Å². The number of ether oxygens (including phenoxy) is 2. The molecule has 7 nitrogen and oxygen atoms in total. The molecule has 1 atom stereocenters. The van der Waals surface area contributed by atoms with E-state index in [-0.39, 0.29) is 18.4 Å². The predicted molar refractivity (Wildman–Crippen MR) is 94.9 cm³/mol. The van der Waals surface area contributed by atoms with E-state index in [1.165, 1.54) is 12.0 Å². The lowest BCUT2D eigenvalue weighted by Gasteiger charge is -2.37.